The van der Waals surface area contributed by atoms with E-state index in [1.807, 2.05) is 31.2 Å². The summed E-state index contributed by atoms with van der Waals surface area (Å²) in [4.78, 5) is 0. The number of furan rings is 1. The Hall–Kier alpha value is -1.74. The maximum absolute atomic E-state index is 6.14. The first-order chi connectivity index (χ1) is 9.24. The van der Waals surface area contributed by atoms with Crippen LogP contribution in [0, 0.1) is 0 Å². The summed E-state index contributed by atoms with van der Waals surface area (Å²) in [6.07, 6.45) is 3.23. The third-order valence-electron chi connectivity index (χ3n) is 3.25. The standard InChI is InChI=1S/C16H21NO2/c1-3-12-7-5-8-13(11-12)19-16(14(17)4-2)15-9-6-10-18-15/h5-11,14,16H,3-4,17H2,1-2H3. The van der Waals surface area contributed by atoms with Gasteiger partial charge in [-0.15, -0.1) is 0 Å². The molecule has 0 aliphatic rings. The van der Waals surface area contributed by atoms with E-state index in [2.05, 4.69) is 19.1 Å². The fourth-order valence-corrected chi connectivity index (χ4v) is 2.01. The molecule has 19 heavy (non-hydrogen) atoms. The van der Waals surface area contributed by atoms with Gasteiger partial charge in [0, 0.05) is 6.04 Å². The SMILES string of the molecule is CCc1cccc(OC(c2ccco2)C(N)CC)c1. The van der Waals surface area contributed by atoms with Crippen LogP contribution in [0.25, 0.3) is 0 Å². The normalized spacial score (nSPS) is 14.1. The molecule has 0 saturated heterocycles. The van der Waals surface area contributed by atoms with Gasteiger partial charge in [0.2, 0.25) is 0 Å². The third kappa shape index (κ3) is 3.38. The van der Waals surface area contributed by atoms with Gasteiger partial charge in [-0.25, -0.2) is 0 Å². The largest absolute Gasteiger partial charge is 0.481 e. The minimum atomic E-state index is -0.243. The number of nitrogens with two attached hydrogens (primary N) is 1. The van der Waals surface area contributed by atoms with Gasteiger partial charge in [0.05, 0.1) is 6.26 Å². The quantitative estimate of drug-likeness (QED) is 0.860. The zero-order valence-electron chi connectivity index (χ0n) is 11.5. The molecular weight excluding hydrogens is 238 g/mol. The van der Waals surface area contributed by atoms with E-state index in [0.29, 0.717) is 0 Å². The lowest BCUT2D eigenvalue weighted by Crippen LogP contribution is -2.31. The van der Waals surface area contributed by atoms with Crippen LogP contribution < -0.4 is 10.5 Å². The lowest BCUT2D eigenvalue weighted by Gasteiger charge is -2.22. The Bertz CT molecular complexity index is 493. The molecule has 102 valence electrons. The maximum Gasteiger partial charge on any atom is 0.171 e. The number of ether oxygens (including phenoxy) is 1. The fraction of sp³-hybridized carbons (Fsp3) is 0.375. The highest BCUT2D eigenvalue weighted by molar-refractivity contribution is 5.29. The molecule has 1 heterocycles. The first-order valence-electron chi connectivity index (χ1n) is 6.79. The summed E-state index contributed by atoms with van der Waals surface area (Å²) in [6.45, 7) is 4.17. The van der Waals surface area contributed by atoms with Crippen molar-refractivity contribution >= 4 is 0 Å². The van der Waals surface area contributed by atoms with E-state index in [-0.39, 0.29) is 12.1 Å². The van der Waals surface area contributed by atoms with E-state index in [1.165, 1.54) is 5.56 Å². The Labute approximate surface area is 114 Å². The maximum atomic E-state index is 6.14. The van der Waals surface area contributed by atoms with Gasteiger partial charge in [-0.05, 0) is 42.7 Å². The van der Waals surface area contributed by atoms with Gasteiger partial charge in [0.25, 0.3) is 0 Å². The Morgan fingerprint density at radius 1 is 1.21 bits per heavy atom. The molecule has 0 amide bonds. The summed E-state index contributed by atoms with van der Waals surface area (Å²) < 4.78 is 11.5. The molecule has 2 N–H and O–H groups in total. The van der Waals surface area contributed by atoms with Crippen molar-refractivity contribution in [3.05, 3.63) is 54.0 Å². The first-order valence-corrected chi connectivity index (χ1v) is 6.79. The van der Waals surface area contributed by atoms with Crippen molar-refractivity contribution in [2.75, 3.05) is 0 Å². The van der Waals surface area contributed by atoms with Crippen LogP contribution >= 0.6 is 0 Å². The van der Waals surface area contributed by atoms with Crippen LogP contribution in [0.3, 0.4) is 0 Å². The van der Waals surface area contributed by atoms with Crippen molar-refractivity contribution < 1.29 is 9.15 Å². The van der Waals surface area contributed by atoms with E-state index >= 15 is 0 Å². The smallest absolute Gasteiger partial charge is 0.171 e. The molecule has 2 atom stereocenters. The average Bonchev–Trinajstić information content (AvgIpc) is 2.98. The van der Waals surface area contributed by atoms with Gasteiger partial charge in [0.15, 0.2) is 6.10 Å². The molecule has 2 rings (SSSR count). The molecule has 0 saturated carbocycles. The third-order valence-corrected chi connectivity index (χ3v) is 3.25. The lowest BCUT2D eigenvalue weighted by molar-refractivity contribution is 0.144. The molecular formula is C16H21NO2. The van der Waals surface area contributed by atoms with Crippen LogP contribution in [0.5, 0.6) is 5.75 Å². The monoisotopic (exact) mass is 259 g/mol. The molecule has 0 aliphatic carbocycles. The minimum Gasteiger partial charge on any atom is -0.481 e. The van der Waals surface area contributed by atoms with Crippen molar-refractivity contribution in [2.24, 2.45) is 5.73 Å². The summed E-state index contributed by atoms with van der Waals surface area (Å²) in [7, 11) is 0. The Balaban J connectivity index is 2.20. The number of benzene rings is 1. The molecule has 0 spiro atoms. The van der Waals surface area contributed by atoms with Crippen LogP contribution in [0.4, 0.5) is 0 Å². The van der Waals surface area contributed by atoms with Gasteiger partial charge < -0.3 is 14.9 Å². The van der Waals surface area contributed by atoms with Crippen LogP contribution in [0.15, 0.2) is 47.1 Å². The van der Waals surface area contributed by atoms with E-state index in [9.17, 15) is 0 Å². The molecule has 1 aromatic heterocycles. The zero-order valence-corrected chi connectivity index (χ0v) is 11.5. The van der Waals surface area contributed by atoms with Crippen LogP contribution in [0.2, 0.25) is 0 Å². The van der Waals surface area contributed by atoms with E-state index in [4.69, 9.17) is 14.9 Å². The van der Waals surface area contributed by atoms with Gasteiger partial charge in [-0.3, -0.25) is 0 Å². The zero-order chi connectivity index (χ0) is 13.7. The van der Waals surface area contributed by atoms with Gasteiger partial charge in [-0.2, -0.15) is 0 Å². The number of aryl methyl sites for hydroxylation is 1. The van der Waals surface area contributed by atoms with E-state index in [0.717, 1.165) is 24.4 Å². The highest BCUT2D eigenvalue weighted by atomic mass is 16.5. The summed E-state index contributed by atoms with van der Waals surface area (Å²) in [6, 6.07) is 11.8. The average molecular weight is 259 g/mol. The highest BCUT2D eigenvalue weighted by Gasteiger charge is 2.23. The van der Waals surface area contributed by atoms with Crippen molar-refractivity contribution in [1.29, 1.82) is 0 Å². The molecule has 2 aromatic rings. The predicted molar refractivity (Wildman–Crippen MR) is 76.2 cm³/mol. The van der Waals surface area contributed by atoms with Crippen molar-refractivity contribution in [2.45, 2.75) is 38.8 Å². The summed E-state index contributed by atoms with van der Waals surface area (Å²) in [5, 5.41) is 0. The summed E-state index contributed by atoms with van der Waals surface area (Å²) >= 11 is 0. The first kappa shape index (κ1) is 13.7. The van der Waals surface area contributed by atoms with Crippen molar-refractivity contribution in [3.63, 3.8) is 0 Å². The topological polar surface area (TPSA) is 48.4 Å². The van der Waals surface area contributed by atoms with Crippen molar-refractivity contribution in [3.8, 4) is 5.75 Å². The van der Waals surface area contributed by atoms with Crippen LogP contribution in [-0.4, -0.2) is 6.04 Å². The highest BCUT2D eigenvalue weighted by Crippen LogP contribution is 2.26. The Morgan fingerprint density at radius 3 is 2.68 bits per heavy atom. The van der Waals surface area contributed by atoms with Gasteiger partial charge in [-0.1, -0.05) is 26.0 Å². The van der Waals surface area contributed by atoms with Gasteiger partial charge in [0.1, 0.15) is 11.5 Å². The molecule has 0 fully saturated rings. The summed E-state index contributed by atoms with van der Waals surface area (Å²) in [5.41, 5.74) is 7.39. The molecule has 3 heteroatoms. The molecule has 0 aliphatic heterocycles. The Kier molecular flexibility index (Phi) is 4.63. The van der Waals surface area contributed by atoms with Crippen molar-refractivity contribution in [1.82, 2.24) is 0 Å². The molecule has 1 aromatic carbocycles. The molecule has 0 radical (unpaired) electrons. The predicted octanol–water partition coefficient (Wildman–Crippen LogP) is 3.70. The second-order valence-electron chi connectivity index (χ2n) is 4.63. The second-order valence-corrected chi connectivity index (χ2v) is 4.63. The molecule has 0 bridgehead atoms. The fourth-order valence-electron chi connectivity index (χ4n) is 2.01. The number of rotatable bonds is 6. The van der Waals surface area contributed by atoms with Gasteiger partial charge >= 0.3 is 0 Å². The lowest BCUT2D eigenvalue weighted by atomic mass is 10.1. The van der Waals surface area contributed by atoms with Crippen LogP contribution in [-0.2, 0) is 6.42 Å². The Morgan fingerprint density at radius 2 is 2.05 bits per heavy atom. The number of hydrogen-bond donors (Lipinski definition) is 1. The molecule has 2 unspecified atom stereocenters. The number of hydrogen-bond acceptors (Lipinski definition) is 3. The molecule has 3 nitrogen and oxygen atoms in total. The van der Waals surface area contributed by atoms with E-state index < -0.39 is 0 Å². The van der Waals surface area contributed by atoms with Crippen LogP contribution in [0.1, 0.15) is 37.7 Å². The minimum absolute atomic E-state index is 0.0866. The van der Waals surface area contributed by atoms with E-state index in [1.54, 1.807) is 6.26 Å². The summed E-state index contributed by atoms with van der Waals surface area (Å²) in [5.74, 6) is 1.61. The second kappa shape index (κ2) is 6.43.